The zero-order valence-electron chi connectivity index (χ0n) is 16.0. The molecule has 0 aliphatic rings. The Morgan fingerprint density at radius 1 is 1.11 bits per heavy atom. The average molecular weight is 361 g/mol. The Labute approximate surface area is 160 Å². The molecule has 2 aromatic carbocycles. The molecule has 4 heteroatoms. The molecule has 0 saturated heterocycles. The van der Waals surface area contributed by atoms with Crippen LogP contribution in [0, 0.1) is 35.9 Å². The number of nitrogens with zero attached hydrogens (tertiary/aromatic N) is 3. The van der Waals surface area contributed by atoms with Crippen molar-refractivity contribution < 1.29 is 4.39 Å². The van der Waals surface area contributed by atoms with Gasteiger partial charge in [0, 0.05) is 18.1 Å². The highest BCUT2D eigenvalue weighted by atomic mass is 19.1. The zero-order valence-corrected chi connectivity index (χ0v) is 16.0. The summed E-state index contributed by atoms with van der Waals surface area (Å²) < 4.78 is 16.2. The summed E-state index contributed by atoms with van der Waals surface area (Å²) >= 11 is 0. The van der Waals surface area contributed by atoms with Gasteiger partial charge in [0.1, 0.15) is 11.6 Å². The molecule has 0 amide bonds. The van der Waals surface area contributed by atoms with E-state index in [0.29, 0.717) is 29.4 Å². The number of hydrogen-bond acceptors (Lipinski definition) is 2. The molecule has 0 saturated carbocycles. The molecular formula is C23H24FN3. The SMILES string of the molecule is Cc1nccn1-c1cccc(CC(C)C(C)Cc2ccc(C#N)cc2F)c1. The summed E-state index contributed by atoms with van der Waals surface area (Å²) in [5, 5.41) is 8.87. The number of aromatic nitrogens is 2. The molecule has 138 valence electrons. The summed E-state index contributed by atoms with van der Waals surface area (Å²) in [7, 11) is 0. The quantitative estimate of drug-likeness (QED) is 0.602. The fraction of sp³-hybridized carbons (Fsp3) is 0.304. The Morgan fingerprint density at radius 3 is 2.56 bits per heavy atom. The largest absolute Gasteiger partial charge is 0.304 e. The molecule has 0 aliphatic carbocycles. The minimum atomic E-state index is -0.286. The van der Waals surface area contributed by atoms with E-state index in [2.05, 4.69) is 47.7 Å². The van der Waals surface area contributed by atoms with Gasteiger partial charge in [-0.2, -0.15) is 5.26 Å². The first-order valence-corrected chi connectivity index (χ1v) is 9.25. The van der Waals surface area contributed by atoms with Crippen LogP contribution < -0.4 is 0 Å². The summed E-state index contributed by atoms with van der Waals surface area (Å²) in [6.07, 6.45) is 5.37. The van der Waals surface area contributed by atoms with E-state index in [-0.39, 0.29) is 5.82 Å². The minimum absolute atomic E-state index is 0.286. The lowest BCUT2D eigenvalue weighted by Gasteiger charge is -2.21. The van der Waals surface area contributed by atoms with Gasteiger partial charge in [-0.05, 0) is 67.0 Å². The fourth-order valence-electron chi connectivity index (χ4n) is 3.39. The Kier molecular flexibility index (Phi) is 5.71. The van der Waals surface area contributed by atoms with Gasteiger partial charge in [0.15, 0.2) is 0 Å². The molecule has 27 heavy (non-hydrogen) atoms. The van der Waals surface area contributed by atoms with Gasteiger partial charge in [0.05, 0.1) is 11.6 Å². The molecule has 2 unspecified atom stereocenters. The summed E-state index contributed by atoms with van der Waals surface area (Å²) in [5.41, 5.74) is 3.42. The first-order chi connectivity index (χ1) is 13.0. The fourth-order valence-corrected chi connectivity index (χ4v) is 3.39. The van der Waals surface area contributed by atoms with E-state index in [4.69, 9.17) is 5.26 Å². The summed E-state index contributed by atoms with van der Waals surface area (Å²) in [6.45, 7) is 6.36. The van der Waals surface area contributed by atoms with Gasteiger partial charge < -0.3 is 4.57 Å². The number of aryl methyl sites for hydroxylation is 1. The molecular weight excluding hydrogens is 337 g/mol. The van der Waals surface area contributed by atoms with Crippen molar-refractivity contribution in [1.82, 2.24) is 9.55 Å². The molecule has 1 aromatic heterocycles. The van der Waals surface area contributed by atoms with Gasteiger partial charge in [-0.3, -0.25) is 0 Å². The van der Waals surface area contributed by atoms with Crippen LogP contribution in [0.4, 0.5) is 4.39 Å². The first kappa shape index (κ1) is 18.8. The molecule has 0 radical (unpaired) electrons. The highest BCUT2D eigenvalue weighted by Crippen LogP contribution is 2.24. The smallest absolute Gasteiger partial charge is 0.127 e. The Morgan fingerprint density at radius 2 is 1.89 bits per heavy atom. The zero-order chi connectivity index (χ0) is 19.4. The van der Waals surface area contributed by atoms with Crippen LogP contribution >= 0.6 is 0 Å². The highest BCUT2D eigenvalue weighted by molar-refractivity contribution is 5.37. The Bertz CT molecular complexity index is 968. The van der Waals surface area contributed by atoms with E-state index < -0.39 is 0 Å². The summed E-state index contributed by atoms with van der Waals surface area (Å²) in [6, 6.07) is 15.2. The highest BCUT2D eigenvalue weighted by Gasteiger charge is 2.16. The van der Waals surface area contributed by atoms with Gasteiger partial charge in [-0.1, -0.05) is 32.0 Å². The number of imidazole rings is 1. The van der Waals surface area contributed by atoms with Crippen LogP contribution in [0.25, 0.3) is 5.69 Å². The second kappa shape index (κ2) is 8.18. The van der Waals surface area contributed by atoms with Gasteiger partial charge in [0.25, 0.3) is 0 Å². The maximum Gasteiger partial charge on any atom is 0.127 e. The third-order valence-corrected chi connectivity index (χ3v) is 5.27. The molecule has 0 N–H and O–H groups in total. The lowest BCUT2D eigenvalue weighted by Crippen LogP contribution is -2.14. The molecule has 0 fully saturated rings. The maximum atomic E-state index is 14.2. The third-order valence-electron chi connectivity index (χ3n) is 5.27. The van der Waals surface area contributed by atoms with E-state index in [1.165, 1.54) is 11.6 Å². The van der Waals surface area contributed by atoms with E-state index >= 15 is 0 Å². The minimum Gasteiger partial charge on any atom is -0.304 e. The van der Waals surface area contributed by atoms with Crippen LogP contribution in [0.3, 0.4) is 0 Å². The van der Waals surface area contributed by atoms with Crippen molar-refractivity contribution in [1.29, 1.82) is 5.26 Å². The summed E-state index contributed by atoms with van der Waals surface area (Å²) in [4.78, 5) is 4.29. The van der Waals surface area contributed by atoms with Crippen molar-refractivity contribution in [3.8, 4) is 11.8 Å². The predicted octanol–water partition coefficient (Wildman–Crippen LogP) is 5.25. The normalized spacial score (nSPS) is 13.1. The van der Waals surface area contributed by atoms with Crippen molar-refractivity contribution in [2.75, 3.05) is 0 Å². The number of rotatable bonds is 6. The van der Waals surface area contributed by atoms with Crippen LogP contribution in [-0.4, -0.2) is 9.55 Å². The van der Waals surface area contributed by atoms with E-state index in [1.54, 1.807) is 18.3 Å². The van der Waals surface area contributed by atoms with Gasteiger partial charge in [0.2, 0.25) is 0 Å². The Hall–Kier alpha value is -2.93. The van der Waals surface area contributed by atoms with E-state index in [9.17, 15) is 4.39 Å². The van der Waals surface area contributed by atoms with Crippen LogP contribution in [0.1, 0.15) is 36.4 Å². The number of benzene rings is 2. The summed E-state index contributed by atoms with van der Waals surface area (Å²) in [5.74, 6) is 1.40. The molecule has 2 atom stereocenters. The monoisotopic (exact) mass is 361 g/mol. The van der Waals surface area contributed by atoms with Crippen LogP contribution in [0.5, 0.6) is 0 Å². The van der Waals surface area contributed by atoms with Crippen LogP contribution in [-0.2, 0) is 12.8 Å². The number of nitriles is 1. The van der Waals surface area contributed by atoms with Gasteiger partial charge >= 0.3 is 0 Å². The lowest BCUT2D eigenvalue weighted by atomic mass is 9.85. The van der Waals surface area contributed by atoms with E-state index in [1.807, 2.05) is 19.2 Å². The van der Waals surface area contributed by atoms with E-state index in [0.717, 1.165) is 17.9 Å². The van der Waals surface area contributed by atoms with Crippen molar-refractivity contribution in [3.63, 3.8) is 0 Å². The van der Waals surface area contributed by atoms with Crippen molar-refractivity contribution in [2.45, 2.75) is 33.6 Å². The molecule has 3 aromatic rings. The van der Waals surface area contributed by atoms with Gasteiger partial charge in [-0.15, -0.1) is 0 Å². The number of halogens is 1. The van der Waals surface area contributed by atoms with Crippen LogP contribution in [0.2, 0.25) is 0 Å². The standard InChI is InChI=1S/C23H24FN3/c1-16(17(2)12-21-8-7-20(15-25)14-23(21)24)11-19-5-4-6-22(13-19)27-10-9-26-18(27)3/h4-10,13-14,16-17H,11-12H2,1-3H3. The third kappa shape index (κ3) is 4.43. The van der Waals surface area contributed by atoms with Gasteiger partial charge in [-0.25, -0.2) is 9.37 Å². The maximum absolute atomic E-state index is 14.2. The van der Waals surface area contributed by atoms with Crippen molar-refractivity contribution >= 4 is 0 Å². The van der Waals surface area contributed by atoms with Crippen LogP contribution in [0.15, 0.2) is 54.9 Å². The van der Waals surface area contributed by atoms with Crippen molar-refractivity contribution in [2.24, 2.45) is 11.8 Å². The topological polar surface area (TPSA) is 41.6 Å². The average Bonchev–Trinajstić information content (AvgIpc) is 3.09. The molecule has 3 rings (SSSR count). The first-order valence-electron chi connectivity index (χ1n) is 9.25. The predicted molar refractivity (Wildman–Crippen MR) is 105 cm³/mol. The molecule has 1 heterocycles. The molecule has 3 nitrogen and oxygen atoms in total. The second-order valence-electron chi connectivity index (χ2n) is 7.30. The second-order valence-corrected chi connectivity index (χ2v) is 7.30. The Balaban J connectivity index is 1.69. The molecule has 0 spiro atoms. The van der Waals surface area contributed by atoms with Crippen molar-refractivity contribution in [3.05, 3.63) is 83.2 Å². The molecule has 0 aliphatic heterocycles. The number of hydrogen-bond donors (Lipinski definition) is 0. The molecule has 0 bridgehead atoms. The lowest BCUT2D eigenvalue weighted by molar-refractivity contribution is 0.378.